The molecule has 0 fully saturated rings. The molecular formula is C12H11F3N2O2S. The van der Waals surface area contributed by atoms with Gasteiger partial charge in [-0.25, -0.2) is 0 Å². The third kappa shape index (κ3) is 3.13. The van der Waals surface area contributed by atoms with Crippen molar-refractivity contribution < 1.29 is 22.2 Å². The van der Waals surface area contributed by atoms with E-state index in [-0.39, 0.29) is 11.1 Å². The van der Waals surface area contributed by atoms with E-state index in [0.29, 0.717) is 10.5 Å². The molecule has 1 heterocycles. The monoisotopic (exact) mass is 304 g/mol. The van der Waals surface area contributed by atoms with Gasteiger partial charge in [0.25, 0.3) is 0 Å². The zero-order valence-electron chi connectivity index (χ0n) is 10.6. The van der Waals surface area contributed by atoms with Crippen LogP contribution >= 0.6 is 0 Å². The average Bonchev–Trinajstić information content (AvgIpc) is 2.87. The Bertz CT molecular complexity index is 581. The first kappa shape index (κ1) is 14.9. The van der Waals surface area contributed by atoms with Crippen LogP contribution in [0, 0.1) is 0 Å². The molecule has 1 unspecified atom stereocenters. The second kappa shape index (κ2) is 5.45. The number of hydrogen-bond donors (Lipinski definition) is 0. The molecule has 8 heteroatoms. The van der Waals surface area contributed by atoms with E-state index in [1.165, 1.54) is 12.1 Å². The Labute approximate surface area is 116 Å². The van der Waals surface area contributed by atoms with Crippen molar-refractivity contribution in [3.05, 3.63) is 30.2 Å². The van der Waals surface area contributed by atoms with Crippen LogP contribution < -0.4 is 0 Å². The lowest BCUT2D eigenvalue weighted by molar-refractivity contribution is -0.159. The van der Waals surface area contributed by atoms with Gasteiger partial charge in [0.1, 0.15) is 5.25 Å². The van der Waals surface area contributed by atoms with Crippen molar-refractivity contribution in [2.45, 2.75) is 30.2 Å². The van der Waals surface area contributed by atoms with Crippen LogP contribution in [0.5, 0.6) is 0 Å². The first-order valence-corrected chi connectivity index (χ1v) is 6.92. The molecular weight excluding hydrogens is 293 g/mol. The van der Waals surface area contributed by atoms with Gasteiger partial charge in [0.05, 0.1) is 0 Å². The van der Waals surface area contributed by atoms with Crippen LogP contribution in [0.3, 0.4) is 0 Å². The van der Waals surface area contributed by atoms with Crippen LogP contribution in [0.15, 0.2) is 33.7 Å². The SMILES string of the molecule is CC(C)[S+]([O-])c1ccc(-c2noc(C(F)(F)F)n2)cc1. The highest BCUT2D eigenvalue weighted by Gasteiger charge is 2.38. The van der Waals surface area contributed by atoms with Crippen LogP contribution in [0.2, 0.25) is 0 Å². The van der Waals surface area contributed by atoms with Crippen LogP contribution in [0.25, 0.3) is 11.4 Å². The summed E-state index contributed by atoms with van der Waals surface area (Å²) < 4.78 is 53.0. The van der Waals surface area contributed by atoms with Gasteiger partial charge in [-0.05, 0) is 49.3 Å². The van der Waals surface area contributed by atoms with E-state index in [9.17, 15) is 17.7 Å². The minimum Gasteiger partial charge on any atom is -0.611 e. The van der Waals surface area contributed by atoms with Crippen molar-refractivity contribution in [1.82, 2.24) is 10.1 Å². The highest BCUT2D eigenvalue weighted by atomic mass is 32.2. The average molecular weight is 304 g/mol. The van der Waals surface area contributed by atoms with Gasteiger partial charge in [-0.15, -0.1) is 0 Å². The van der Waals surface area contributed by atoms with E-state index in [2.05, 4.69) is 14.7 Å². The summed E-state index contributed by atoms with van der Waals surface area (Å²) in [4.78, 5) is 3.88. The topological polar surface area (TPSA) is 62.0 Å². The lowest BCUT2D eigenvalue weighted by atomic mass is 10.2. The van der Waals surface area contributed by atoms with Gasteiger partial charge in [0, 0.05) is 5.56 Å². The van der Waals surface area contributed by atoms with Crippen molar-refractivity contribution >= 4 is 11.2 Å². The molecule has 2 rings (SSSR count). The summed E-state index contributed by atoms with van der Waals surface area (Å²) in [6.45, 7) is 3.64. The number of alkyl halides is 3. The highest BCUT2D eigenvalue weighted by molar-refractivity contribution is 7.92. The molecule has 4 nitrogen and oxygen atoms in total. The first-order valence-electron chi connectivity index (χ1n) is 5.71. The minimum atomic E-state index is -4.66. The Hall–Kier alpha value is -1.54. The second-order valence-electron chi connectivity index (χ2n) is 4.29. The predicted molar refractivity (Wildman–Crippen MR) is 66.3 cm³/mol. The number of benzene rings is 1. The first-order chi connectivity index (χ1) is 9.29. The molecule has 20 heavy (non-hydrogen) atoms. The Morgan fingerprint density at radius 1 is 1.20 bits per heavy atom. The van der Waals surface area contributed by atoms with Gasteiger partial charge in [-0.3, -0.25) is 0 Å². The maximum absolute atomic E-state index is 12.3. The van der Waals surface area contributed by atoms with Gasteiger partial charge in [0.15, 0.2) is 4.90 Å². The van der Waals surface area contributed by atoms with Crippen molar-refractivity contribution in [2.75, 3.05) is 0 Å². The largest absolute Gasteiger partial charge is 0.611 e. The number of hydrogen-bond acceptors (Lipinski definition) is 4. The lowest BCUT2D eigenvalue weighted by Crippen LogP contribution is -2.13. The fourth-order valence-corrected chi connectivity index (χ4v) is 2.41. The smallest absolute Gasteiger partial charge is 0.471 e. The van der Waals surface area contributed by atoms with Crippen LogP contribution in [-0.2, 0) is 17.4 Å². The molecule has 0 saturated carbocycles. The summed E-state index contributed by atoms with van der Waals surface area (Å²) >= 11 is -1.15. The van der Waals surface area contributed by atoms with E-state index in [1.807, 2.05) is 13.8 Å². The molecule has 0 aliphatic heterocycles. The standard InChI is InChI=1S/C12H11F3N2O2S/c1-7(2)20(18)9-5-3-8(4-6-9)10-16-11(19-17-10)12(13,14)15/h3-7H,1-2H3. The van der Waals surface area contributed by atoms with Crippen molar-refractivity contribution in [3.63, 3.8) is 0 Å². The van der Waals surface area contributed by atoms with Gasteiger partial charge in [-0.1, -0.05) is 5.16 Å². The summed E-state index contributed by atoms with van der Waals surface area (Å²) in [5.41, 5.74) is 0.369. The highest BCUT2D eigenvalue weighted by Crippen LogP contribution is 2.29. The van der Waals surface area contributed by atoms with E-state index in [4.69, 9.17) is 0 Å². The maximum atomic E-state index is 12.3. The summed E-state index contributed by atoms with van der Waals surface area (Å²) in [5.74, 6) is -1.54. The Balaban J connectivity index is 2.24. The molecule has 0 aliphatic carbocycles. The van der Waals surface area contributed by atoms with Crippen molar-refractivity contribution in [2.24, 2.45) is 0 Å². The van der Waals surface area contributed by atoms with Crippen LogP contribution in [0.4, 0.5) is 13.2 Å². The quantitative estimate of drug-likeness (QED) is 0.816. The van der Waals surface area contributed by atoms with E-state index >= 15 is 0 Å². The van der Waals surface area contributed by atoms with Gasteiger partial charge >= 0.3 is 12.1 Å². The molecule has 0 bridgehead atoms. The third-order valence-electron chi connectivity index (χ3n) is 2.44. The molecule has 0 N–H and O–H groups in total. The molecule has 0 radical (unpaired) electrons. The van der Waals surface area contributed by atoms with E-state index < -0.39 is 23.2 Å². The number of nitrogens with zero attached hydrogens (tertiary/aromatic N) is 2. The fourth-order valence-electron chi connectivity index (χ4n) is 1.47. The van der Waals surface area contributed by atoms with Crippen LogP contribution in [-0.4, -0.2) is 19.9 Å². The van der Waals surface area contributed by atoms with E-state index in [0.717, 1.165) is 0 Å². The molecule has 108 valence electrons. The fraction of sp³-hybridized carbons (Fsp3) is 0.333. The molecule has 0 amide bonds. The van der Waals surface area contributed by atoms with Gasteiger partial charge < -0.3 is 9.08 Å². The molecule has 1 atom stereocenters. The maximum Gasteiger partial charge on any atom is 0.471 e. The molecule has 1 aromatic heterocycles. The van der Waals surface area contributed by atoms with E-state index in [1.54, 1.807) is 12.1 Å². The normalized spacial score (nSPS) is 13.8. The molecule has 0 aliphatic rings. The lowest BCUT2D eigenvalue weighted by Gasteiger charge is -2.13. The van der Waals surface area contributed by atoms with Gasteiger partial charge in [-0.2, -0.15) is 18.2 Å². The predicted octanol–water partition coefficient (Wildman–Crippen LogP) is 3.27. The van der Waals surface area contributed by atoms with Crippen molar-refractivity contribution in [1.29, 1.82) is 0 Å². The Morgan fingerprint density at radius 3 is 2.25 bits per heavy atom. The zero-order chi connectivity index (χ0) is 14.9. The van der Waals surface area contributed by atoms with Gasteiger partial charge in [0.2, 0.25) is 5.82 Å². The van der Waals surface area contributed by atoms with Crippen molar-refractivity contribution in [3.8, 4) is 11.4 Å². The molecule has 0 spiro atoms. The number of aromatic nitrogens is 2. The van der Waals surface area contributed by atoms with Crippen LogP contribution in [0.1, 0.15) is 19.7 Å². The summed E-state index contributed by atoms with van der Waals surface area (Å²) in [7, 11) is 0. The third-order valence-corrected chi connectivity index (χ3v) is 4.03. The zero-order valence-corrected chi connectivity index (χ0v) is 11.5. The number of halogens is 3. The molecule has 1 aromatic carbocycles. The minimum absolute atomic E-state index is 0.0390. The Kier molecular flexibility index (Phi) is 4.05. The molecule has 0 saturated heterocycles. The summed E-state index contributed by atoms with van der Waals surface area (Å²) in [5, 5.41) is 3.24. The Morgan fingerprint density at radius 2 is 1.80 bits per heavy atom. The molecule has 2 aromatic rings. The second-order valence-corrected chi connectivity index (χ2v) is 6.30. The summed E-state index contributed by atoms with van der Waals surface area (Å²) in [6, 6.07) is 6.19. The number of rotatable bonds is 3. The summed E-state index contributed by atoms with van der Waals surface area (Å²) in [6.07, 6.45) is -4.66.